The molecule has 1 unspecified atom stereocenters. The van der Waals surface area contributed by atoms with Gasteiger partial charge in [-0.3, -0.25) is 9.59 Å². The standard InChI is InChI=1S/C17H19ClN4O2/c18-14-3-1-4-15(10-14)22-11-13(9-16(22)23)17(24)20-5-2-7-21-8-6-19-12-21/h1,3-4,6,8,10,12-13H,2,5,7,9,11H2,(H,20,24). The van der Waals surface area contributed by atoms with Crippen LogP contribution in [0, 0.1) is 5.92 Å². The molecule has 1 saturated heterocycles. The van der Waals surface area contributed by atoms with E-state index in [1.807, 2.05) is 16.8 Å². The predicted octanol–water partition coefficient (Wildman–Crippen LogP) is 2.10. The lowest BCUT2D eigenvalue weighted by Gasteiger charge is -2.17. The van der Waals surface area contributed by atoms with Gasteiger partial charge in [-0.25, -0.2) is 4.98 Å². The fourth-order valence-electron chi connectivity index (χ4n) is 2.81. The Hall–Kier alpha value is -2.34. The molecule has 126 valence electrons. The largest absolute Gasteiger partial charge is 0.356 e. The molecule has 0 bridgehead atoms. The van der Waals surface area contributed by atoms with E-state index in [0.717, 1.165) is 18.7 Å². The Balaban J connectivity index is 1.48. The van der Waals surface area contributed by atoms with Crippen molar-refractivity contribution in [3.05, 3.63) is 48.0 Å². The van der Waals surface area contributed by atoms with Crippen molar-refractivity contribution in [1.29, 1.82) is 0 Å². The molecule has 1 N–H and O–H groups in total. The van der Waals surface area contributed by atoms with Crippen LogP contribution in [0.25, 0.3) is 0 Å². The maximum atomic E-state index is 12.3. The molecule has 0 spiro atoms. The first-order chi connectivity index (χ1) is 11.6. The SMILES string of the molecule is O=C(NCCCn1ccnc1)C1CC(=O)N(c2cccc(Cl)c2)C1. The van der Waals surface area contributed by atoms with E-state index < -0.39 is 0 Å². The molecule has 24 heavy (non-hydrogen) atoms. The zero-order valence-electron chi connectivity index (χ0n) is 13.2. The smallest absolute Gasteiger partial charge is 0.227 e. The Morgan fingerprint density at radius 1 is 1.42 bits per heavy atom. The molecule has 3 rings (SSSR count). The minimum atomic E-state index is -0.315. The van der Waals surface area contributed by atoms with Crippen molar-refractivity contribution in [3.8, 4) is 0 Å². The second-order valence-electron chi connectivity index (χ2n) is 5.83. The number of imidazole rings is 1. The number of hydrogen-bond acceptors (Lipinski definition) is 3. The van der Waals surface area contributed by atoms with Gasteiger partial charge in [-0.05, 0) is 24.6 Å². The number of nitrogens with zero attached hydrogens (tertiary/aromatic N) is 3. The minimum absolute atomic E-state index is 0.0455. The molecule has 1 aromatic carbocycles. The number of aryl methyl sites for hydroxylation is 1. The third-order valence-electron chi connectivity index (χ3n) is 4.07. The van der Waals surface area contributed by atoms with Gasteiger partial charge in [0.25, 0.3) is 0 Å². The highest BCUT2D eigenvalue weighted by atomic mass is 35.5. The second kappa shape index (κ2) is 7.49. The summed E-state index contributed by atoms with van der Waals surface area (Å²) in [6.07, 6.45) is 6.43. The number of carbonyl (C=O) groups is 2. The monoisotopic (exact) mass is 346 g/mol. The molecule has 2 aromatic rings. The summed E-state index contributed by atoms with van der Waals surface area (Å²) in [7, 11) is 0. The van der Waals surface area contributed by atoms with Gasteiger partial charge < -0.3 is 14.8 Å². The number of anilines is 1. The molecule has 1 aliphatic rings. The van der Waals surface area contributed by atoms with E-state index in [9.17, 15) is 9.59 Å². The molecule has 0 radical (unpaired) electrons. The van der Waals surface area contributed by atoms with Crippen molar-refractivity contribution >= 4 is 29.1 Å². The van der Waals surface area contributed by atoms with Crippen LogP contribution in [0.3, 0.4) is 0 Å². The number of hydrogen-bond donors (Lipinski definition) is 1. The zero-order valence-corrected chi connectivity index (χ0v) is 13.9. The van der Waals surface area contributed by atoms with E-state index in [4.69, 9.17) is 11.6 Å². The molecule has 7 heteroatoms. The Morgan fingerprint density at radius 2 is 2.29 bits per heavy atom. The highest BCUT2D eigenvalue weighted by Gasteiger charge is 2.34. The van der Waals surface area contributed by atoms with Crippen LogP contribution in [0.5, 0.6) is 0 Å². The molecule has 1 fully saturated rings. The number of benzene rings is 1. The van der Waals surface area contributed by atoms with Gasteiger partial charge >= 0.3 is 0 Å². The first kappa shape index (κ1) is 16.5. The summed E-state index contributed by atoms with van der Waals surface area (Å²) in [4.78, 5) is 30.0. The van der Waals surface area contributed by atoms with Gasteiger partial charge in [-0.2, -0.15) is 0 Å². The van der Waals surface area contributed by atoms with Crippen molar-refractivity contribution < 1.29 is 9.59 Å². The molecule has 0 aliphatic carbocycles. The Labute approximate surface area is 145 Å². The Morgan fingerprint density at radius 3 is 3.04 bits per heavy atom. The average Bonchev–Trinajstić information content (AvgIpc) is 3.21. The molecule has 0 saturated carbocycles. The van der Waals surface area contributed by atoms with E-state index in [2.05, 4.69) is 10.3 Å². The van der Waals surface area contributed by atoms with Gasteiger partial charge in [0.05, 0.1) is 12.2 Å². The molecule has 2 heterocycles. The van der Waals surface area contributed by atoms with Gasteiger partial charge in [0.15, 0.2) is 0 Å². The molecular weight excluding hydrogens is 328 g/mol. The lowest BCUT2D eigenvalue weighted by atomic mass is 10.1. The third-order valence-corrected chi connectivity index (χ3v) is 4.30. The van der Waals surface area contributed by atoms with Crippen LogP contribution in [0.1, 0.15) is 12.8 Å². The Bertz CT molecular complexity index is 717. The third kappa shape index (κ3) is 3.94. The molecule has 6 nitrogen and oxygen atoms in total. The van der Waals surface area contributed by atoms with Crippen LogP contribution in [0.15, 0.2) is 43.0 Å². The van der Waals surface area contributed by atoms with Crippen molar-refractivity contribution in [2.75, 3.05) is 18.0 Å². The summed E-state index contributed by atoms with van der Waals surface area (Å²) in [5.74, 6) is -0.431. The Kier molecular flexibility index (Phi) is 5.15. The maximum Gasteiger partial charge on any atom is 0.227 e. The molecular formula is C17H19ClN4O2. The molecule has 1 aliphatic heterocycles. The normalized spacial score (nSPS) is 17.3. The van der Waals surface area contributed by atoms with Crippen LogP contribution in [-0.4, -0.2) is 34.5 Å². The second-order valence-corrected chi connectivity index (χ2v) is 6.27. The summed E-state index contributed by atoms with van der Waals surface area (Å²) >= 11 is 5.97. The fourth-order valence-corrected chi connectivity index (χ4v) is 3.00. The number of aromatic nitrogens is 2. The summed E-state index contributed by atoms with van der Waals surface area (Å²) in [6, 6.07) is 7.13. The van der Waals surface area contributed by atoms with Crippen LogP contribution in [0.4, 0.5) is 5.69 Å². The van der Waals surface area contributed by atoms with E-state index >= 15 is 0 Å². The fraction of sp³-hybridized carbons (Fsp3) is 0.353. The van der Waals surface area contributed by atoms with Gasteiger partial charge in [-0.1, -0.05) is 17.7 Å². The van der Waals surface area contributed by atoms with Gasteiger partial charge in [-0.15, -0.1) is 0 Å². The minimum Gasteiger partial charge on any atom is -0.356 e. The quantitative estimate of drug-likeness (QED) is 0.814. The topological polar surface area (TPSA) is 67.2 Å². The lowest BCUT2D eigenvalue weighted by molar-refractivity contribution is -0.126. The number of amides is 2. The van der Waals surface area contributed by atoms with Crippen LogP contribution >= 0.6 is 11.6 Å². The van der Waals surface area contributed by atoms with Crippen LogP contribution in [0.2, 0.25) is 5.02 Å². The summed E-state index contributed by atoms with van der Waals surface area (Å²) < 4.78 is 1.96. The zero-order chi connectivity index (χ0) is 16.9. The first-order valence-corrected chi connectivity index (χ1v) is 8.30. The van der Waals surface area contributed by atoms with Gasteiger partial charge in [0, 0.05) is 49.2 Å². The number of rotatable bonds is 6. The molecule has 1 aromatic heterocycles. The number of carbonyl (C=O) groups excluding carboxylic acids is 2. The van der Waals surface area contributed by atoms with Gasteiger partial charge in [0.2, 0.25) is 11.8 Å². The van der Waals surface area contributed by atoms with E-state index in [-0.39, 0.29) is 24.2 Å². The lowest BCUT2D eigenvalue weighted by Crippen LogP contribution is -2.33. The van der Waals surface area contributed by atoms with Crippen molar-refractivity contribution in [2.24, 2.45) is 5.92 Å². The average molecular weight is 347 g/mol. The van der Waals surface area contributed by atoms with Gasteiger partial charge in [0.1, 0.15) is 0 Å². The van der Waals surface area contributed by atoms with Crippen LogP contribution in [-0.2, 0) is 16.1 Å². The van der Waals surface area contributed by atoms with E-state index in [1.54, 1.807) is 35.6 Å². The highest BCUT2D eigenvalue weighted by Crippen LogP contribution is 2.27. The highest BCUT2D eigenvalue weighted by molar-refractivity contribution is 6.30. The maximum absolute atomic E-state index is 12.3. The number of halogens is 1. The molecule has 1 atom stereocenters. The number of nitrogens with one attached hydrogen (secondary N) is 1. The first-order valence-electron chi connectivity index (χ1n) is 7.93. The van der Waals surface area contributed by atoms with Crippen molar-refractivity contribution in [3.63, 3.8) is 0 Å². The van der Waals surface area contributed by atoms with Crippen molar-refractivity contribution in [2.45, 2.75) is 19.4 Å². The summed E-state index contributed by atoms with van der Waals surface area (Å²) in [6.45, 7) is 1.78. The van der Waals surface area contributed by atoms with Crippen LogP contribution < -0.4 is 10.2 Å². The predicted molar refractivity (Wildman–Crippen MR) is 91.8 cm³/mol. The van der Waals surface area contributed by atoms with E-state index in [0.29, 0.717) is 18.1 Å². The van der Waals surface area contributed by atoms with Crippen molar-refractivity contribution in [1.82, 2.24) is 14.9 Å². The molecule has 2 amide bonds. The van der Waals surface area contributed by atoms with E-state index in [1.165, 1.54) is 0 Å². The summed E-state index contributed by atoms with van der Waals surface area (Å²) in [5.41, 5.74) is 0.739. The summed E-state index contributed by atoms with van der Waals surface area (Å²) in [5, 5.41) is 3.49.